The average Bonchev–Trinajstić information content (AvgIpc) is 2.66. The van der Waals surface area contributed by atoms with Crippen molar-refractivity contribution < 1.29 is 5.11 Å². The smallest absolute Gasteiger partial charge is 0.0850 e. The molecule has 0 saturated heterocycles. The van der Waals surface area contributed by atoms with Crippen molar-refractivity contribution in [2.45, 2.75) is 32.8 Å². The van der Waals surface area contributed by atoms with Gasteiger partial charge in [0.15, 0.2) is 0 Å². The lowest BCUT2D eigenvalue weighted by Crippen LogP contribution is -2.07. The highest BCUT2D eigenvalue weighted by molar-refractivity contribution is 6.31. The summed E-state index contributed by atoms with van der Waals surface area (Å²) in [4.78, 5) is 0. The summed E-state index contributed by atoms with van der Waals surface area (Å²) >= 11 is 6.30. The summed E-state index contributed by atoms with van der Waals surface area (Å²) in [7, 11) is 1.86. The van der Waals surface area contributed by atoms with E-state index < -0.39 is 6.10 Å². The van der Waals surface area contributed by atoms with Crippen molar-refractivity contribution in [3.63, 3.8) is 0 Å². The van der Waals surface area contributed by atoms with Gasteiger partial charge in [0, 0.05) is 13.5 Å². The number of aryl methyl sites for hydroxylation is 3. The van der Waals surface area contributed by atoms with E-state index in [1.807, 2.05) is 45.2 Å². The Kier molecular flexibility index (Phi) is 4.27. The topological polar surface area (TPSA) is 38.0 Å². The molecule has 0 aliphatic rings. The number of nitrogens with zero attached hydrogens (tertiary/aromatic N) is 2. The quantitative estimate of drug-likeness (QED) is 0.932. The van der Waals surface area contributed by atoms with Gasteiger partial charge in [0.05, 0.1) is 22.5 Å². The summed E-state index contributed by atoms with van der Waals surface area (Å²) in [6, 6.07) is 7.90. The molecule has 0 aliphatic carbocycles. The standard InChI is InChI=1S/C15H19ClN2O/c1-4-12-15(16)13(18(3)17-12)9-14(19)11-7-5-6-10(2)8-11/h5-8,14,19H,4,9H2,1-3H3. The van der Waals surface area contributed by atoms with Crippen LogP contribution in [-0.2, 0) is 19.9 Å². The number of benzene rings is 1. The van der Waals surface area contributed by atoms with Gasteiger partial charge in [0.25, 0.3) is 0 Å². The van der Waals surface area contributed by atoms with Gasteiger partial charge < -0.3 is 5.11 Å². The van der Waals surface area contributed by atoms with Crippen LogP contribution in [0.25, 0.3) is 0 Å². The average molecular weight is 279 g/mol. The highest BCUT2D eigenvalue weighted by Gasteiger charge is 2.17. The van der Waals surface area contributed by atoms with Gasteiger partial charge in [-0.15, -0.1) is 0 Å². The first kappa shape index (κ1) is 14.1. The summed E-state index contributed by atoms with van der Waals surface area (Å²) in [6.07, 6.45) is 0.719. The van der Waals surface area contributed by atoms with Gasteiger partial charge in [0.1, 0.15) is 0 Å². The van der Waals surface area contributed by atoms with Gasteiger partial charge in [-0.25, -0.2) is 0 Å². The first-order valence-corrected chi connectivity index (χ1v) is 6.85. The molecule has 1 N–H and O–H groups in total. The van der Waals surface area contributed by atoms with Crippen molar-refractivity contribution in [1.82, 2.24) is 9.78 Å². The zero-order valence-corrected chi connectivity index (χ0v) is 12.3. The molecular weight excluding hydrogens is 260 g/mol. The summed E-state index contributed by atoms with van der Waals surface area (Å²) in [5.74, 6) is 0. The fourth-order valence-corrected chi connectivity index (χ4v) is 2.59. The van der Waals surface area contributed by atoms with Crippen molar-refractivity contribution in [1.29, 1.82) is 0 Å². The van der Waals surface area contributed by atoms with Crippen molar-refractivity contribution in [3.05, 3.63) is 51.8 Å². The highest BCUT2D eigenvalue weighted by atomic mass is 35.5. The molecule has 0 radical (unpaired) electrons. The zero-order valence-electron chi connectivity index (χ0n) is 11.5. The second kappa shape index (κ2) is 5.76. The number of halogens is 1. The molecule has 4 heteroatoms. The predicted molar refractivity (Wildman–Crippen MR) is 77.4 cm³/mol. The van der Waals surface area contributed by atoms with Gasteiger partial charge >= 0.3 is 0 Å². The first-order valence-electron chi connectivity index (χ1n) is 6.47. The second-order valence-corrected chi connectivity index (χ2v) is 5.20. The third-order valence-corrected chi connectivity index (χ3v) is 3.75. The number of rotatable bonds is 4. The Hall–Kier alpha value is -1.32. The maximum absolute atomic E-state index is 10.3. The third kappa shape index (κ3) is 2.99. The third-order valence-electron chi connectivity index (χ3n) is 3.32. The Labute approximate surface area is 118 Å². The summed E-state index contributed by atoms with van der Waals surface area (Å²) in [6.45, 7) is 4.04. The van der Waals surface area contributed by atoms with E-state index in [-0.39, 0.29) is 0 Å². The normalized spacial score (nSPS) is 12.7. The van der Waals surface area contributed by atoms with Crippen molar-refractivity contribution in [3.8, 4) is 0 Å². The summed E-state index contributed by atoms with van der Waals surface area (Å²) in [5.41, 5.74) is 3.82. The molecule has 0 amide bonds. The molecule has 1 aromatic heterocycles. The van der Waals surface area contributed by atoms with Crippen LogP contribution in [0.2, 0.25) is 5.02 Å². The molecule has 3 nitrogen and oxygen atoms in total. The van der Waals surface area contributed by atoms with Crippen LogP contribution in [-0.4, -0.2) is 14.9 Å². The van der Waals surface area contributed by atoms with E-state index in [0.717, 1.165) is 28.9 Å². The summed E-state index contributed by atoms with van der Waals surface area (Å²) in [5, 5.41) is 15.4. The summed E-state index contributed by atoms with van der Waals surface area (Å²) < 4.78 is 1.76. The SMILES string of the molecule is CCc1nn(C)c(CC(O)c2cccc(C)c2)c1Cl. The van der Waals surface area contributed by atoms with Crippen LogP contribution in [0.3, 0.4) is 0 Å². The molecule has 102 valence electrons. The zero-order chi connectivity index (χ0) is 14.0. The van der Waals surface area contributed by atoms with E-state index in [0.29, 0.717) is 11.4 Å². The van der Waals surface area contributed by atoms with Crippen LogP contribution >= 0.6 is 11.6 Å². The molecular formula is C15H19ClN2O. The maximum Gasteiger partial charge on any atom is 0.0850 e. The van der Waals surface area contributed by atoms with Crippen LogP contribution < -0.4 is 0 Å². The van der Waals surface area contributed by atoms with Crippen molar-refractivity contribution in [2.24, 2.45) is 7.05 Å². The van der Waals surface area contributed by atoms with E-state index in [4.69, 9.17) is 11.6 Å². The lowest BCUT2D eigenvalue weighted by molar-refractivity contribution is 0.176. The molecule has 0 bridgehead atoms. The Morgan fingerprint density at radius 2 is 2.16 bits per heavy atom. The van der Waals surface area contributed by atoms with Gasteiger partial charge in [-0.1, -0.05) is 48.4 Å². The number of hydrogen-bond acceptors (Lipinski definition) is 2. The minimum Gasteiger partial charge on any atom is -0.388 e. The van der Waals surface area contributed by atoms with Crippen molar-refractivity contribution in [2.75, 3.05) is 0 Å². The number of hydrogen-bond donors (Lipinski definition) is 1. The lowest BCUT2D eigenvalue weighted by Gasteiger charge is -2.12. The van der Waals surface area contributed by atoms with Crippen LogP contribution in [0.4, 0.5) is 0 Å². The highest BCUT2D eigenvalue weighted by Crippen LogP contribution is 2.26. The molecule has 0 fully saturated rings. The molecule has 19 heavy (non-hydrogen) atoms. The van der Waals surface area contributed by atoms with Gasteiger partial charge in [-0.2, -0.15) is 5.10 Å². The van der Waals surface area contributed by atoms with E-state index in [1.165, 1.54) is 0 Å². The van der Waals surface area contributed by atoms with Gasteiger partial charge in [0.2, 0.25) is 0 Å². The largest absolute Gasteiger partial charge is 0.388 e. The molecule has 2 rings (SSSR count). The Bertz CT molecular complexity index is 578. The van der Waals surface area contributed by atoms with Crippen molar-refractivity contribution >= 4 is 11.6 Å². The minimum absolute atomic E-state index is 0.478. The maximum atomic E-state index is 10.3. The Morgan fingerprint density at radius 3 is 2.74 bits per heavy atom. The molecule has 2 aromatic rings. The van der Waals surface area contributed by atoms with Crippen LogP contribution in [0, 0.1) is 6.92 Å². The Morgan fingerprint density at radius 1 is 1.42 bits per heavy atom. The van der Waals surface area contributed by atoms with Gasteiger partial charge in [-0.05, 0) is 18.9 Å². The molecule has 1 aromatic carbocycles. The number of aliphatic hydroxyl groups excluding tert-OH is 1. The van der Waals surface area contributed by atoms with Gasteiger partial charge in [-0.3, -0.25) is 4.68 Å². The minimum atomic E-state index is -0.558. The van der Waals surface area contributed by atoms with Crippen LogP contribution in [0.5, 0.6) is 0 Å². The number of aromatic nitrogens is 2. The lowest BCUT2D eigenvalue weighted by atomic mass is 10.0. The predicted octanol–water partition coefficient (Wildman–Crippen LogP) is 3.22. The molecule has 0 spiro atoms. The van der Waals surface area contributed by atoms with E-state index in [9.17, 15) is 5.11 Å². The molecule has 1 heterocycles. The molecule has 1 atom stereocenters. The molecule has 0 saturated carbocycles. The second-order valence-electron chi connectivity index (χ2n) is 4.82. The Balaban J connectivity index is 2.24. The first-order chi connectivity index (χ1) is 9.02. The van der Waals surface area contributed by atoms with E-state index in [1.54, 1.807) is 4.68 Å². The van der Waals surface area contributed by atoms with E-state index in [2.05, 4.69) is 5.10 Å². The monoisotopic (exact) mass is 278 g/mol. The van der Waals surface area contributed by atoms with Crippen LogP contribution in [0.1, 0.15) is 35.5 Å². The molecule has 0 aliphatic heterocycles. The fourth-order valence-electron chi connectivity index (χ4n) is 2.22. The fraction of sp³-hybridized carbons (Fsp3) is 0.400. The number of aliphatic hydroxyl groups is 1. The molecule has 1 unspecified atom stereocenters. The van der Waals surface area contributed by atoms with Crippen LogP contribution in [0.15, 0.2) is 24.3 Å². The van der Waals surface area contributed by atoms with E-state index >= 15 is 0 Å².